The highest BCUT2D eigenvalue weighted by Gasteiger charge is 2.16. The summed E-state index contributed by atoms with van der Waals surface area (Å²) >= 11 is 3.34. The van der Waals surface area contributed by atoms with Crippen LogP contribution in [0.3, 0.4) is 0 Å². The van der Waals surface area contributed by atoms with Crippen molar-refractivity contribution in [3.63, 3.8) is 0 Å². The van der Waals surface area contributed by atoms with Crippen molar-refractivity contribution in [2.75, 3.05) is 0 Å². The minimum absolute atomic E-state index is 0.0482. The maximum atomic E-state index is 12.2. The van der Waals surface area contributed by atoms with Crippen LogP contribution in [0.5, 0.6) is 0 Å². The maximum Gasteiger partial charge on any atom is 0.187 e. The molecule has 0 bridgehead atoms. The quantitative estimate of drug-likeness (QED) is 0.683. The summed E-state index contributed by atoms with van der Waals surface area (Å²) in [5, 5.41) is 10.9. The third kappa shape index (κ3) is 3.31. The Kier molecular flexibility index (Phi) is 4.43. The van der Waals surface area contributed by atoms with Crippen molar-refractivity contribution >= 4 is 33.8 Å². The number of carbonyl (C=O) groups is 2. The Balaban J connectivity index is 2.29. The molecule has 1 N–H and O–H groups in total. The number of aryl methyl sites for hydroxylation is 1. The number of nitrogens with one attached hydrogen (secondary N) is 1. The number of carbonyl (C=O) groups excluding carboxylic acids is 2. The average Bonchev–Trinajstić information content (AvgIpc) is 2.73. The molecule has 0 aliphatic carbocycles. The van der Waals surface area contributed by atoms with Gasteiger partial charge in [0.2, 0.25) is 0 Å². The van der Waals surface area contributed by atoms with Crippen LogP contribution >= 0.6 is 15.9 Å². The monoisotopic (exact) mass is 346 g/mol. The van der Waals surface area contributed by atoms with Crippen LogP contribution in [0, 0.1) is 13.8 Å². The minimum atomic E-state index is -1.31. The summed E-state index contributed by atoms with van der Waals surface area (Å²) in [4.78, 5) is 25.9. The van der Waals surface area contributed by atoms with E-state index in [0.717, 1.165) is 10.0 Å². The van der Waals surface area contributed by atoms with Gasteiger partial charge in [0.25, 0.3) is 0 Å². The zero-order valence-electron chi connectivity index (χ0n) is 11.6. The van der Waals surface area contributed by atoms with E-state index in [1.54, 1.807) is 19.9 Å². The number of aromatic amines is 1. The molecule has 0 saturated carbocycles. The number of H-pyrrole nitrogens is 1. The number of hydrogen-bond acceptors (Lipinski definition) is 3. The molecule has 0 atom stereocenters. The van der Waals surface area contributed by atoms with Crippen molar-refractivity contribution in [2.45, 2.75) is 13.8 Å². The standard InChI is InChI=1S/C16H14BrNO3/c1-9-14(10(2)18-15(9)16(20)21)13(19)8-5-11-3-6-12(17)7-4-11/h3-8,18H,1-2H3,(H,20,21)/p-1/b8-5+. The van der Waals surface area contributed by atoms with Gasteiger partial charge in [-0.2, -0.15) is 0 Å². The van der Waals surface area contributed by atoms with Crippen LogP contribution in [0.25, 0.3) is 6.08 Å². The fourth-order valence-corrected chi connectivity index (χ4v) is 2.42. The average molecular weight is 347 g/mol. The number of ketones is 1. The molecule has 2 rings (SSSR count). The molecule has 0 unspecified atom stereocenters. The number of carboxylic acids is 1. The largest absolute Gasteiger partial charge is 0.543 e. The van der Waals surface area contributed by atoms with E-state index in [-0.39, 0.29) is 11.5 Å². The van der Waals surface area contributed by atoms with Gasteiger partial charge in [0.15, 0.2) is 5.78 Å². The topological polar surface area (TPSA) is 73.0 Å². The second-order valence-electron chi connectivity index (χ2n) is 4.66. The lowest BCUT2D eigenvalue weighted by atomic mass is 10.0. The Morgan fingerprint density at radius 1 is 1.19 bits per heavy atom. The molecule has 0 aliphatic heterocycles. The highest BCUT2D eigenvalue weighted by Crippen LogP contribution is 2.19. The number of halogens is 1. The summed E-state index contributed by atoms with van der Waals surface area (Å²) in [7, 11) is 0. The van der Waals surface area contributed by atoms with E-state index in [1.165, 1.54) is 6.08 Å². The molecule has 21 heavy (non-hydrogen) atoms. The van der Waals surface area contributed by atoms with Crippen molar-refractivity contribution in [1.82, 2.24) is 4.98 Å². The van der Waals surface area contributed by atoms with E-state index in [2.05, 4.69) is 20.9 Å². The predicted octanol–water partition coefficient (Wildman–Crippen LogP) is 2.65. The summed E-state index contributed by atoms with van der Waals surface area (Å²) < 4.78 is 0.960. The molecule has 0 saturated heterocycles. The van der Waals surface area contributed by atoms with E-state index in [4.69, 9.17) is 0 Å². The lowest BCUT2D eigenvalue weighted by Crippen LogP contribution is -2.23. The first-order chi connectivity index (χ1) is 9.90. The zero-order chi connectivity index (χ0) is 15.6. The van der Waals surface area contributed by atoms with Crippen LogP contribution in [0.2, 0.25) is 0 Å². The molecule has 108 valence electrons. The number of hydrogen-bond donors (Lipinski definition) is 1. The smallest absolute Gasteiger partial charge is 0.187 e. The Bertz CT molecular complexity index is 727. The van der Waals surface area contributed by atoms with Crippen molar-refractivity contribution in [1.29, 1.82) is 0 Å². The van der Waals surface area contributed by atoms with Gasteiger partial charge in [-0.1, -0.05) is 34.1 Å². The number of aromatic nitrogens is 1. The molecule has 1 aromatic carbocycles. The van der Waals surface area contributed by atoms with Gasteiger partial charge in [0.1, 0.15) is 0 Å². The first-order valence-electron chi connectivity index (χ1n) is 6.28. The van der Waals surface area contributed by atoms with E-state index >= 15 is 0 Å². The second kappa shape index (κ2) is 6.10. The van der Waals surface area contributed by atoms with Gasteiger partial charge in [-0.15, -0.1) is 0 Å². The van der Waals surface area contributed by atoms with Gasteiger partial charge in [-0.25, -0.2) is 0 Å². The molecule has 2 aromatic rings. The molecule has 0 spiro atoms. The predicted molar refractivity (Wildman–Crippen MR) is 82.1 cm³/mol. The molecule has 1 aromatic heterocycles. The SMILES string of the molecule is Cc1[nH]c(C(=O)[O-])c(C)c1C(=O)/C=C/c1ccc(Br)cc1. The van der Waals surface area contributed by atoms with Gasteiger partial charge in [-0.3, -0.25) is 4.79 Å². The molecule has 0 amide bonds. The summed E-state index contributed by atoms with van der Waals surface area (Å²) in [6.45, 7) is 3.26. The van der Waals surface area contributed by atoms with Gasteiger partial charge >= 0.3 is 0 Å². The molecule has 5 heteroatoms. The van der Waals surface area contributed by atoms with Crippen molar-refractivity contribution < 1.29 is 14.7 Å². The van der Waals surface area contributed by atoms with Crippen LogP contribution in [0.15, 0.2) is 34.8 Å². The Morgan fingerprint density at radius 2 is 1.81 bits per heavy atom. The van der Waals surface area contributed by atoms with E-state index in [1.807, 2.05) is 24.3 Å². The molecule has 0 fully saturated rings. The summed E-state index contributed by atoms with van der Waals surface area (Å²) in [6, 6.07) is 7.50. The first kappa shape index (κ1) is 15.3. The van der Waals surface area contributed by atoms with E-state index < -0.39 is 5.97 Å². The molecular formula is C16H13BrNO3-. The number of aromatic carboxylic acids is 1. The lowest BCUT2D eigenvalue weighted by molar-refractivity contribution is -0.255. The first-order valence-corrected chi connectivity index (χ1v) is 7.08. The van der Waals surface area contributed by atoms with E-state index in [9.17, 15) is 14.7 Å². The number of rotatable bonds is 4. The Morgan fingerprint density at radius 3 is 2.33 bits per heavy atom. The maximum absolute atomic E-state index is 12.2. The zero-order valence-corrected chi connectivity index (χ0v) is 13.2. The normalized spacial score (nSPS) is 11.0. The van der Waals surface area contributed by atoms with Gasteiger partial charge in [0.05, 0.1) is 11.7 Å². The van der Waals surface area contributed by atoms with Gasteiger partial charge < -0.3 is 14.9 Å². The van der Waals surface area contributed by atoms with Crippen LogP contribution in [0.1, 0.15) is 37.7 Å². The molecule has 0 aliphatic rings. The van der Waals surface area contributed by atoms with Crippen LogP contribution < -0.4 is 5.11 Å². The van der Waals surface area contributed by atoms with Gasteiger partial charge in [-0.05, 0) is 43.2 Å². The molecule has 0 radical (unpaired) electrons. The molecule has 4 nitrogen and oxygen atoms in total. The fourth-order valence-electron chi connectivity index (χ4n) is 2.15. The fraction of sp³-hybridized carbons (Fsp3) is 0.125. The molecular weight excluding hydrogens is 334 g/mol. The third-order valence-corrected chi connectivity index (χ3v) is 3.71. The summed E-state index contributed by atoms with van der Waals surface area (Å²) in [6.07, 6.45) is 3.13. The number of carboxylic acid groups (broad SMARTS) is 1. The summed E-state index contributed by atoms with van der Waals surface area (Å²) in [5.41, 5.74) is 2.14. The highest BCUT2D eigenvalue weighted by molar-refractivity contribution is 9.10. The second-order valence-corrected chi connectivity index (χ2v) is 5.58. The van der Waals surface area contributed by atoms with Crippen molar-refractivity contribution in [3.8, 4) is 0 Å². The van der Waals surface area contributed by atoms with Crippen LogP contribution in [-0.4, -0.2) is 16.7 Å². The summed E-state index contributed by atoms with van der Waals surface area (Å²) in [5.74, 6) is -1.55. The lowest BCUT2D eigenvalue weighted by Gasteiger charge is -2.00. The van der Waals surface area contributed by atoms with Crippen molar-refractivity contribution in [2.24, 2.45) is 0 Å². The van der Waals surface area contributed by atoms with Crippen molar-refractivity contribution in [3.05, 3.63) is 62.9 Å². The minimum Gasteiger partial charge on any atom is -0.543 e. The van der Waals surface area contributed by atoms with Crippen LogP contribution in [0.4, 0.5) is 0 Å². The molecule has 1 heterocycles. The Hall–Kier alpha value is -2.14. The third-order valence-electron chi connectivity index (χ3n) is 3.19. The Labute approximate surface area is 130 Å². The number of allylic oxidation sites excluding steroid dienone is 1. The number of benzene rings is 1. The van der Waals surface area contributed by atoms with Crippen LogP contribution in [-0.2, 0) is 0 Å². The van der Waals surface area contributed by atoms with Gasteiger partial charge in [0, 0.05) is 15.7 Å². The highest BCUT2D eigenvalue weighted by atomic mass is 79.9. The van der Waals surface area contributed by atoms with E-state index in [0.29, 0.717) is 16.8 Å².